The molecule has 1 aliphatic heterocycles. The van der Waals surface area contributed by atoms with Gasteiger partial charge in [-0.15, -0.1) is 0 Å². The van der Waals surface area contributed by atoms with Crippen LogP contribution in [0.4, 0.5) is 0 Å². The van der Waals surface area contributed by atoms with Crippen LogP contribution in [0.25, 0.3) is 11.0 Å². The fourth-order valence-electron chi connectivity index (χ4n) is 2.36. The molecule has 3 rings (SSSR count). The lowest BCUT2D eigenvalue weighted by Gasteiger charge is -2.12. The van der Waals surface area contributed by atoms with Gasteiger partial charge in [-0.05, 0) is 24.7 Å². The van der Waals surface area contributed by atoms with Crippen LogP contribution in [-0.4, -0.2) is 42.4 Å². The minimum absolute atomic E-state index is 0.0363. The van der Waals surface area contributed by atoms with E-state index in [0.717, 1.165) is 22.7 Å². The molecule has 0 aromatic carbocycles. The normalized spacial score (nSPS) is 18.7. The molecule has 0 bridgehead atoms. The van der Waals surface area contributed by atoms with Crippen LogP contribution in [0.1, 0.15) is 12.8 Å². The van der Waals surface area contributed by atoms with Gasteiger partial charge in [-0.2, -0.15) is 11.8 Å². The molecular formula is C13H15N3O2S2. The first-order valence-electron chi connectivity index (χ1n) is 6.50. The largest absolute Gasteiger partial charge is 0.481 e. The first-order chi connectivity index (χ1) is 9.74. The number of rotatable bonds is 5. The summed E-state index contributed by atoms with van der Waals surface area (Å²) in [4.78, 5) is 19.4. The molecule has 0 spiro atoms. The van der Waals surface area contributed by atoms with Crippen LogP contribution in [0.3, 0.4) is 0 Å². The molecule has 3 heterocycles. The third-order valence-electron chi connectivity index (χ3n) is 3.25. The SMILES string of the molecule is O=C(O)CSc1nc2cnccc2n1CC1CCCS1. The maximum absolute atomic E-state index is 10.8. The molecule has 0 amide bonds. The van der Waals surface area contributed by atoms with Crippen LogP contribution in [0.5, 0.6) is 0 Å². The van der Waals surface area contributed by atoms with Crippen molar-refractivity contribution in [3.05, 3.63) is 18.5 Å². The second-order valence-electron chi connectivity index (χ2n) is 4.69. The molecule has 1 unspecified atom stereocenters. The highest BCUT2D eigenvalue weighted by atomic mass is 32.2. The Morgan fingerprint density at radius 2 is 2.50 bits per heavy atom. The van der Waals surface area contributed by atoms with Crippen molar-refractivity contribution in [1.82, 2.24) is 14.5 Å². The Morgan fingerprint density at radius 3 is 3.25 bits per heavy atom. The summed E-state index contributed by atoms with van der Waals surface area (Å²) >= 11 is 3.27. The molecule has 1 fully saturated rings. The van der Waals surface area contributed by atoms with Gasteiger partial charge in [0.05, 0.1) is 17.5 Å². The first-order valence-corrected chi connectivity index (χ1v) is 8.54. The van der Waals surface area contributed by atoms with E-state index in [2.05, 4.69) is 14.5 Å². The van der Waals surface area contributed by atoms with E-state index in [1.54, 1.807) is 12.4 Å². The van der Waals surface area contributed by atoms with Crippen LogP contribution < -0.4 is 0 Å². The molecule has 2 aromatic heterocycles. The van der Waals surface area contributed by atoms with Gasteiger partial charge < -0.3 is 9.67 Å². The molecule has 0 aliphatic carbocycles. The van der Waals surface area contributed by atoms with Gasteiger partial charge in [0.25, 0.3) is 0 Å². The number of aromatic nitrogens is 3. The summed E-state index contributed by atoms with van der Waals surface area (Å²) in [6, 6.07) is 1.95. The van der Waals surface area contributed by atoms with Gasteiger partial charge >= 0.3 is 5.97 Å². The van der Waals surface area contributed by atoms with Crippen LogP contribution in [-0.2, 0) is 11.3 Å². The topological polar surface area (TPSA) is 68.0 Å². The molecule has 0 radical (unpaired) electrons. The van der Waals surface area contributed by atoms with Gasteiger partial charge in [0.1, 0.15) is 5.52 Å². The maximum Gasteiger partial charge on any atom is 0.313 e. The lowest BCUT2D eigenvalue weighted by atomic mass is 10.2. The summed E-state index contributed by atoms with van der Waals surface area (Å²) in [5.74, 6) is 0.437. The van der Waals surface area contributed by atoms with E-state index in [4.69, 9.17) is 5.11 Å². The molecule has 1 saturated heterocycles. The molecule has 1 aliphatic rings. The Labute approximate surface area is 125 Å². The molecule has 0 saturated carbocycles. The molecule has 1 atom stereocenters. The number of pyridine rings is 1. The summed E-state index contributed by atoms with van der Waals surface area (Å²) in [5, 5.41) is 10.2. The second-order valence-corrected chi connectivity index (χ2v) is 7.04. The van der Waals surface area contributed by atoms with Gasteiger partial charge in [-0.1, -0.05) is 11.8 Å². The van der Waals surface area contributed by atoms with Crippen LogP contribution in [0, 0.1) is 0 Å². The van der Waals surface area contributed by atoms with Crippen molar-refractivity contribution >= 4 is 40.5 Å². The van der Waals surface area contributed by atoms with E-state index in [0.29, 0.717) is 5.25 Å². The Kier molecular flexibility index (Phi) is 4.16. The number of thioether (sulfide) groups is 2. The number of carbonyl (C=O) groups is 1. The fourth-order valence-corrected chi connectivity index (χ4v) is 4.36. The second kappa shape index (κ2) is 6.05. The third-order valence-corrected chi connectivity index (χ3v) is 5.59. The minimum atomic E-state index is -0.818. The van der Waals surface area contributed by atoms with E-state index in [1.165, 1.54) is 30.4 Å². The van der Waals surface area contributed by atoms with Crippen molar-refractivity contribution < 1.29 is 9.90 Å². The minimum Gasteiger partial charge on any atom is -0.481 e. The Balaban J connectivity index is 1.91. The van der Waals surface area contributed by atoms with Gasteiger partial charge in [0, 0.05) is 18.0 Å². The average molecular weight is 309 g/mol. The number of carboxylic acid groups (broad SMARTS) is 1. The van der Waals surface area contributed by atoms with E-state index in [1.807, 2.05) is 17.8 Å². The van der Waals surface area contributed by atoms with Crippen molar-refractivity contribution in [1.29, 1.82) is 0 Å². The molecule has 20 heavy (non-hydrogen) atoms. The zero-order valence-electron chi connectivity index (χ0n) is 10.9. The third kappa shape index (κ3) is 2.93. The van der Waals surface area contributed by atoms with E-state index < -0.39 is 5.97 Å². The van der Waals surface area contributed by atoms with E-state index in [-0.39, 0.29) is 5.75 Å². The lowest BCUT2D eigenvalue weighted by Crippen LogP contribution is -2.11. The number of nitrogens with zero attached hydrogens (tertiary/aromatic N) is 3. The monoisotopic (exact) mass is 309 g/mol. The quantitative estimate of drug-likeness (QED) is 0.856. The summed E-state index contributed by atoms with van der Waals surface area (Å²) in [7, 11) is 0. The lowest BCUT2D eigenvalue weighted by molar-refractivity contribution is -0.133. The van der Waals surface area contributed by atoms with Crippen molar-refractivity contribution in [3.8, 4) is 0 Å². The van der Waals surface area contributed by atoms with E-state index in [9.17, 15) is 4.79 Å². The first kappa shape index (κ1) is 13.8. The highest BCUT2D eigenvalue weighted by Crippen LogP contribution is 2.31. The Bertz CT molecular complexity index is 623. The van der Waals surface area contributed by atoms with Gasteiger partial charge in [0.2, 0.25) is 0 Å². The van der Waals surface area contributed by atoms with Crippen molar-refractivity contribution in [2.24, 2.45) is 0 Å². The predicted octanol–water partition coefficient (Wildman–Crippen LogP) is 2.50. The van der Waals surface area contributed by atoms with Crippen LogP contribution in [0.15, 0.2) is 23.6 Å². The Morgan fingerprint density at radius 1 is 1.60 bits per heavy atom. The molecule has 2 aromatic rings. The number of hydrogen-bond acceptors (Lipinski definition) is 5. The number of hydrogen-bond donors (Lipinski definition) is 1. The van der Waals surface area contributed by atoms with E-state index >= 15 is 0 Å². The molecule has 5 nitrogen and oxygen atoms in total. The van der Waals surface area contributed by atoms with Gasteiger partial charge in [0.15, 0.2) is 5.16 Å². The summed E-state index contributed by atoms with van der Waals surface area (Å²) in [6.07, 6.45) is 5.98. The molecule has 1 N–H and O–H groups in total. The van der Waals surface area contributed by atoms with Crippen molar-refractivity contribution in [3.63, 3.8) is 0 Å². The molecule has 7 heteroatoms. The fraction of sp³-hybridized carbons (Fsp3) is 0.462. The van der Waals surface area contributed by atoms with Crippen molar-refractivity contribution in [2.75, 3.05) is 11.5 Å². The predicted molar refractivity (Wildman–Crippen MR) is 81.4 cm³/mol. The summed E-state index contributed by atoms with van der Waals surface area (Å²) in [6.45, 7) is 0.896. The number of imidazole rings is 1. The maximum atomic E-state index is 10.8. The zero-order chi connectivity index (χ0) is 13.9. The summed E-state index contributed by atoms with van der Waals surface area (Å²) in [5.41, 5.74) is 1.88. The van der Waals surface area contributed by atoms with Crippen LogP contribution >= 0.6 is 23.5 Å². The highest BCUT2D eigenvalue weighted by molar-refractivity contribution is 8.00. The standard InChI is InChI=1S/C13H15N3O2S2/c17-12(18)8-20-13-15-10-6-14-4-3-11(10)16(13)7-9-2-1-5-19-9/h3-4,6,9H,1-2,5,7-8H2,(H,17,18). The Hall–Kier alpha value is -1.21. The molecule has 106 valence electrons. The smallest absolute Gasteiger partial charge is 0.313 e. The van der Waals surface area contributed by atoms with Crippen LogP contribution in [0.2, 0.25) is 0 Å². The zero-order valence-corrected chi connectivity index (χ0v) is 12.5. The highest BCUT2D eigenvalue weighted by Gasteiger charge is 2.20. The van der Waals surface area contributed by atoms with Crippen molar-refractivity contribution in [2.45, 2.75) is 29.8 Å². The summed E-state index contributed by atoms with van der Waals surface area (Å²) < 4.78 is 2.15. The van der Waals surface area contributed by atoms with Gasteiger partial charge in [-0.25, -0.2) is 4.98 Å². The number of aliphatic carboxylic acids is 1. The average Bonchev–Trinajstić information content (AvgIpc) is 3.05. The number of carboxylic acids is 1. The molecular weight excluding hydrogens is 294 g/mol. The van der Waals surface area contributed by atoms with Gasteiger partial charge in [-0.3, -0.25) is 9.78 Å². The number of fused-ring (bicyclic) bond motifs is 1.